The predicted molar refractivity (Wildman–Crippen MR) is 43.4 cm³/mol. The molecular weight excluding hydrogens is 108 g/mol. The van der Waals surface area contributed by atoms with Gasteiger partial charge in [-0.05, 0) is 18.9 Å². The molecular formula is C9H14. The number of hydrogen-bond acceptors (Lipinski definition) is 0. The van der Waals surface area contributed by atoms with E-state index in [2.05, 4.69) is 19.6 Å². The van der Waals surface area contributed by atoms with E-state index < -0.39 is 0 Å². The van der Waals surface area contributed by atoms with Gasteiger partial charge in [0.25, 0.3) is 0 Å². The first-order valence-electron chi connectivity index (χ1n) is 3.29. The average molecular weight is 122 g/mol. The molecule has 0 spiro atoms. The predicted octanol–water partition coefficient (Wildman–Crippen LogP) is 3.08. The van der Waals surface area contributed by atoms with Crippen LogP contribution in [-0.2, 0) is 0 Å². The van der Waals surface area contributed by atoms with E-state index in [0.717, 1.165) is 12.0 Å². The van der Waals surface area contributed by atoms with Gasteiger partial charge in [0.15, 0.2) is 0 Å². The Labute approximate surface area is 57.6 Å². The largest absolute Gasteiger partial charge is 0.0918 e. The van der Waals surface area contributed by atoms with Crippen molar-refractivity contribution in [2.75, 3.05) is 0 Å². The average Bonchev–Trinajstić information content (AvgIpc) is 1.85. The van der Waals surface area contributed by atoms with Gasteiger partial charge in [0.05, 0.1) is 0 Å². The lowest BCUT2D eigenvalue weighted by molar-refractivity contribution is 1.22. The summed E-state index contributed by atoms with van der Waals surface area (Å²) in [5, 5.41) is 0. The molecule has 0 heteroatoms. The van der Waals surface area contributed by atoms with Crippen LogP contribution in [0.15, 0.2) is 36.5 Å². The molecule has 9 heavy (non-hydrogen) atoms. The van der Waals surface area contributed by atoms with Gasteiger partial charge in [-0.2, -0.15) is 0 Å². The van der Waals surface area contributed by atoms with Crippen molar-refractivity contribution in [3.63, 3.8) is 0 Å². The fraction of sp³-hybridized carbons (Fsp3) is 0.333. The van der Waals surface area contributed by atoms with E-state index in [1.54, 1.807) is 0 Å². The van der Waals surface area contributed by atoms with Crippen molar-refractivity contribution in [2.45, 2.75) is 20.3 Å². The Morgan fingerprint density at radius 2 is 2.11 bits per heavy atom. The lowest BCUT2D eigenvalue weighted by atomic mass is 10.2. The quantitative estimate of drug-likeness (QED) is 0.504. The zero-order valence-electron chi connectivity index (χ0n) is 6.22. The van der Waals surface area contributed by atoms with Crippen molar-refractivity contribution in [2.24, 2.45) is 0 Å². The van der Waals surface area contributed by atoms with Crippen molar-refractivity contribution >= 4 is 0 Å². The van der Waals surface area contributed by atoms with Crippen molar-refractivity contribution in [3.8, 4) is 0 Å². The molecule has 0 aromatic heterocycles. The Kier molecular flexibility index (Phi) is 4.89. The van der Waals surface area contributed by atoms with Crippen LogP contribution < -0.4 is 0 Å². The molecule has 0 N–H and O–H groups in total. The molecule has 0 fully saturated rings. The minimum Gasteiger partial charge on any atom is -0.0918 e. The summed E-state index contributed by atoms with van der Waals surface area (Å²) in [5.41, 5.74) is 1.07. The zero-order chi connectivity index (χ0) is 7.11. The second-order valence-corrected chi connectivity index (χ2v) is 1.89. The molecule has 0 amide bonds. The maximum atomic E-state index is 3.81. The third kappa shape index (κ3) is 5.09. The summed E-state index contributed by atoms with van der Waals surface area (Å²) in [6.07, 6.45) is 9.19. The molecule has 0 aromatic rings. The van der Waals surface area contributed by atoms with Crippen molar-refractivity contribution < 1.29 is 0 Å². The third-order valence-corrected chi connectivity index (χ3v) is 0.948. The van der Waals surface area contributed by atoms with E-state index >= 15 is 0 Å². The molecule has 0 rings (SSSR count). The Hall–Kier alpha value is -0.780. The molecule has 0 aliphatic rings. The molecule has 0 radical (unpaired) electrons. The molecule has 0 atom stereocenters. The fourth-order valence-corrected chi connectivity index (χ4v) is 0.539. The molecule has 50 valence electrons. The van der Waals surface area contributed by atoms with Gasteiger partial charge in [-0.25, -0.2) is 0 Å². The van der Waals surface area contributed by atoms with Crippen molar-refractivity contribution in [1.82, 2.24) is 0 Å². The normalized spacial score (nSPS) is 11.3. The summed E-state index contributed by atoms with van der Waals surface area (Å²) in [5.74, 6) is 0. The first kappa shape index (κ1) is 8.22. The molecule has 0 nitrogen and oxygen atoms in total. The number of hydrogen-bond donors (Lipinski definition) is 0. The Balaban J connectivity index is 3.63. The fourth-order valence-electron chi connectivity index (χ4n) is 0.539. The molecule has 0 bridgehead atoms. The van der Waals surface area contributed by atoms with E-state index in [9.17, 15) is 0 Å². The standard InChI is InChI=1S/C9H14/c1-4-6-8-9(3)7-5-2/h5-8H,3-4H2,1-2H3. The van der Waals surface area contributed by atoms with E-state index in [-0.39, 0.29) is 0 Å². The minimum atomic E-state index is 1.07. The van der Waals surface area contributed by atoms with E-state index in [1.807, 2.05) is 25.2 Å². The Morgan fingerprint density at radius 1 is 1.44 bits per heavy atom. The smallest absolute Gasteiger partial charge is 0.0335 e. The molecule has 0 unspecified atom stereocenters. The lowest BCUT2D eigenvalue weighted by Gasteiger charge is -1.84. The molecule has 0 aromatic carbocycles. The minimum absolute atomic E-state index is 1.07. The molecule has 0 saturated heterocycles. The Bertz CT molecular complexity index is 127. The van der Waals surface area contributed by atoms with Crippen LogP contribution in [0.3, 0.4) is 0 Å². The van der Waals surface area contributed by atoms with Crippen LogP contribution in [0.25, 0.3) is 0 Å². The topological polar surface area (TPSA) is 0 Å². The zero-order valence-corrected chi connectivity index (χ0v) is 6.22. The summed E-state index contributed by atoms with van der Waals surface area (Å²) in [7, 11) is 0. The van der Waals surface area contributed by atoms with Crippen LogP contribution in [0.1, 0.15) is 20.3 Å². The van der Waals surface area contributed by atoms with Gasteiger partial charge in [-0.1, -0.05) is 37.8 Å². The SMILES string of the molecule is C=C(C=CC)C=CCC. The van der Waals surface area contributed by atoms with Crippen LogP contribution in [0.5, 0.6) is 0 Å². The maximum absolute atomic E-state index is 3.81. The van der Waals surface area contributed by atoms with Crippen molar-refractivity contribution in [1.29, 1.82) is 0 Å². The highest BCUT2D eigenvalue weighted by molar-refractivity contribution is 5.26. The highest BCUT2D eigenvalue weighted by Crippen LogP contribution is 1.95. The van der Waals surface area contributed by atoms with Crippen LogP contribution >= 0.6 is 0 Å². The molecule has 0 aliphatic carbocycles. The van der Waals surface area contributed by atoms with Crippen LogP contribution in [0.2, 0.25) is 0 Å². The van der Waals surface area contributed by atoms with Gasteiger partial charge >= 0.3 is 0 Å². The van der Waals surface area contributed by atoms with Gasteiger partial charge in [0.2, 0.25) is 0 Å². The van der Waals surface area contributed by atoms with Gasteiger partial charge < -0.3 is 0 Å². The maximum Gasteiger partial charge on any atom is -0.0335 e. The Morgan fingerprint density at radius 3 is 2.56 bits per heavy atom. The molecule has 0 aliphatic heterocycles. The summed E-state index contributed by atoms with van der Waals surface area (Å²) < 4.78 is 0. The second kappa shape index (κ2) is 5.36. The number of allylic oxidation sites excluding steroid dienone is 5. The van der Waals surface area contributed by atoms with Crippen molar-refractivity contribution in [3.05, 3.63) is 36.5 Å². The summed E-state index contributed by atoms with van der Waals surface area (Å²) in [6.45, 7) is 7.91. The van der Waals surface area contributed by atoms with Gasteiger partial charge in [0.1, 0.15) is 0 Å². The summed E-state index contributed by atoms with van der Waals surface area (Å²) in [6, 6.07) is 0. The molecule has 0 saturated carbocycles. The highest BCUT2D eigenvalue weighted by atomic mass is 13.8. The lowest BCUT2D eigenvalue weighted by Crippen LogP contribution is -1.63. The van der Waals surface area contributed by atoms with Crippen LogP contribution in [0, 0.1) is 0 Å². The highest BCUT2D eigenvalue weighted by Gasteiger charge is 1.74. The molecule has 0 heterocycles. The van der Waals surface area contributed by atoms with Crippen LogP contribution in [0.4, 0.5) is 0 Å². The van der Waals surface area contributed by atoms with Gasteiger partial charge in [-0.3, -0.25) is 0 Å². The van der Waals surface area contributed by atoms with Gasteiger partial charge in [0, 0.05) is 0 Å². The second-order valence-electron chi connectivity index (χ2n) is 1.89. The van der Waals surface area contributed by atoms with Gasteiger partial charge in [-0.15, -0.1) is 0 Å². The van der Waals surface area contributed by atoms with E-state index in [4.69, 9.17) is 0 Å². The van der Waals surface area contributed by atoms with E-state index in [1.165, 1.54) is 0 Å². The first-order chi connectivity index (χ1) is 4.31. The van der Waals surface area contributed by atoms with E-state index in [0.29, 0.717) is 0 Å². The summed E-state index contributed by atoms with van der Waals surface area (Å²) >= 11 is 0. The third-order valence-electron chi connectivity index (χ3n) is 0.948. The van der Waals surface area contributed by atoms with Crippen LogP contribution in [-0.4, -0.2) is 0 Å². The first-order valence-corrected chi connectivity index (χ1v) is 3.29. The monoisotopic (exact) mass is 122 g/mol. The number of rotatable bonds is 3. The summed E-state index contributed by atoms with van der Waals surface area (Å²) in [4.78, 5) is 0.